The highest BCUT2D eigenvalue weighted by atomic mass is 16.1. The summed E-state index contributed by atoms with van der Waals surface area (Å²) < 4.78 is 0. The zero-order valence-electron chi connectivity index (χ0n) is 6.13. The van der Waals surface area contributed by atoms with E-state index >= 15 is 0 Å². The molecule has 54 valence electrons. The van der Waals surface area contributed by atoms with Crippen LogP contribution < -0.4 is 0 Å². The van der Waals surface area contributed by atoms with Crippen molar-refractivity contribution in [1.29, 1.82) is 0 Å². The highest BCUT2D eigenvalue weighted by Gasteiger charge is 2.19. The van der Waals surface area contributed by atoms with E-state index in [1.54, 1.807) is 11.8 Å². The highest BCUT2D eigenvalue weighted by molar-refractivity contribution is 5.49. The van der Waals surface area contributed by atoms with E-state index in [1.165, 1.54) is 0 Å². The van der Waals surface area contributed by atoms with Gasteiger partial charge in [-0.3, -0.25) is 4.79 Å². The maximum absolute atomic E-state index is 10.4. The Hall–Kier alpha value is -0.970. The fourth-order valence-corrected chi connectivity index (χ4v) is 1.24. The predicted octanol–water partition coefficient (Wildman–Crippen LogP) is 0.631. The third-order valence-corrected chi connectivity index (χ3v) is 1.74. The average molecular weight is 137 g/mol. The van der Waals surface area contributed by atoms with Gasteiger partial charge in [0.15, 0.2) is 0 Å². The lowest BCUT2D eigenvalue weighted by molar-refractivity contribution is -0.118. The molecule has 0 aliphatic carbocycles. The van der Waals surface area contributed by atoms with Gasteiger partial charge >= 0.3 is 0 Å². The Balaban J connectivity index is 2.55. The van der Waals surface area contributed by atoms with Crippen molar-refractivity contribution in [1.82, 2.24) is 4.90 Å². The van der Waals surface area contributed by atoms with Crippen LogP contribution in [0.3, 0.4) is 0 Å². The van der Waals surface area contributed by atoms with E-state index < -0.39 is 0 Å². The van der Waals surface area contributed by atoms with Crippen molar-refractivity contribution < 1.29 is 4.79 Å². The third kappa shape index (κ3) is 1.30. The van der Waals surface area contributed by atoms with Crippen molar-refractivity contribution >= 4 is 6.41 Å². The first kappa shape index (κ1) is 7.14. The topological polar surface area (TPSA) is 20.3 Å². The van der Waals surface area contributed by atoms with Gasteiger partial charge in [-0.05, 0) is 19.8 Å². The molecule has 0 N–H and O–H groups in total. The van der Waals surface area contributed by atoms with Gasteiger partial charge in [0.25, 0.3) is 0 Å². The van der Waals surface area contributed by atoms with Crippen LogP contribution in [-0.2, 0) is 4.79 Å². The van der Waals surface area contributed by atoms with Crippen molar-refractivity contribution in [3.8, 4) is 11.8 Å². The number of hydrogen-bond acceptors (Lipinski definition) is 1. The van der Waals surface area contributed by atoms with Crippen LogP contribution in [0.1, 0.15) is 19.8 Å². The molecule has 1 heterocycles. The minimum absolute atomic E-state index is 0.197. The van der Waals surface area contributed by atoms with E-state index in [1.807, 2.05) is 0 Å². The Morgan fingerprint density at radius 2 is 2.50 bits per heavy atom. The minimum Gasteiger partial charge on any atom is -0.331 e. The van der Waals surface area contributed by atoms with Crippen LogP contribution in [-0.4, -0.2) is 23.9 Å². The van der Waals surface area contributed by atoms with Gasteiger partial charge in [-0.15, -0.1) is 5.92 Å². The minimum atomic E-state index is 0.197. The van der Waals surface area contributed by atoms with Crippen LogP contribution in [0.15, 0.2) is 0 Å². The molecule has 10 heavy (non-hydrogen) atoms. The van der Waals surface area contributed by atoms with Crippen LogP contribution in [0.5, 0.6) is 0 Å². The number of nitrogens with zero attached hydrogens (tertiary/aromatic N) is 1. The van der Waals surface area contributed by atoms with Gasteiger partial charge in [-0.25, -0.2) is 0 Å². The van der Waals surface area contributed by atoms with E-state index in [9.17, 15) is 4.79 Å². The summed E-state index contributed by atoms with van der Waals surface area (Å²) in [5.74, 6) is 5.81. The number of likely N-dealkylation sites (tertiary alicyclic amines) is 1. The maximum Gasteiger partial charge on any atom is 0.210 e. The summed E-state index contributed by atoms with van der Waals surface area (Å²) in [6, 6.07) is 0.197. The van der Waals surface area contributed by atoms with Crippen LogP contribution in [0.25, 0.3) is 0 Å². The zero-order valence-corrected chi connectivity index (χ0v) is 6.13. The fraction of sp³-hybridized carbons (Fsp3) is 0.625. The molecule has 0 spiro atoms. The number of carbonyl (C=O) groups excluding carboxylic acids is 1. The predicted molar refractivity (Wildman–Crippen MR) is 39.2 cm³/mol. The summed E-state index contributed by atoms with van der Waals surface area (Å²) in [5.41, 5.74) is 0. The normalized spacial score (nSPS) is 23.7. The Bertz CT molecular complexity index is 177. The van der Waals surface area contributed by atoms with E-state index in [0.29, 0.717) is 0 Å². The van der Waals surface area contributed by atoms with Crippen LogP contribution in [0.4, 0.5) is 0 Å². The molecule has 1 fully saturated rings. The van der Waals surface area contributed by atoms with Gasteiger partial charge in [-0.2, -0.15) is 0 Å². The summed E-state index contributed by atoms with van der Waals surface area (Å²) in [6.45, 7) is 2.68. The van der Waals surface area contributed by atoms with Gasteiger partial charge < -0.3 is 4.90 Å². The number of rotatable bonds is 1. The quantitative estimate of drug-likeness (QED) is 0.383. The largest absolute Gasteiger partial charge is 0.331 e. The molecule has 2 heteroatoms. The molecule has 1 saturated heterocycles. The molecule has 1 atom stereocenters. The van der Waals surface area contributed by atoms with E-state index in [4.69, 9.17) is 0 Å². The molecule has 0 aromatic carbocycles. The van der Waals surface area contributed by atoms with Gasteiger partial charge in [0.1, 0.15) is 0 Å². The monoisotopic (exact) mass is 137 g/mol. The third-order valence-electron chi connectivity index (χ3n) is 1.74. The molecule has 1 rings (SSSR count). The molecule has 1 aliphatic rings. The Kier molecular flexibility index (Phi) is 2.33. The maximum atomic E-state index is 10.4. The van der Waals surface area contributed by atoms with E-state index in [0.717, 1.165) is 25.8 Å². The second kappa shape index (κ2) is 3.26. The van der Waals surface area contributed by atoms with Gasteiger partial charge in [0.2, 0.25) is 6.41 Å². The van der Waals surface area contributed by atoms with E-state index in [2.05, 4.69) is 11.8 Å². The van der Waals surface area contributed by atoms with Crippen LogP contribution in [0.2, 0.25) is 0 Å². The smallest absolute Gasteiger partial charge is 0.210 e. The summed E-state index contributed by atoms with van der Waals surface area (Å²) in [6.07, 6.45) is 3.03. The van der Waals surface area contributed by atoms with E-state index in [-0.39, 0.29) is 6.04 Å². The number of hydrogen-bond donors (Lipinski definition) is 0. The molecule has 0 saturated carbocycles. The lowest BCUT2D eigenvalue weighted by Gasteiger charge is -2.12. The first-order chi connectivity index (χ1) is 4.88. The van der Waals surface area contributed by atoms with Crippen molar-refractivity contribution in [2.75, 3.05) is 6.54 Å². The second-order valence-corrected chi connectivity index (χ2v) is 2.40. The highest BCUT2D eigenvalue weighted by Crippen LogP contribution is 2.13. The molecular weight excluding hydrogens is 126 g/mol. The molecule has 0 radical (unpaired) electrons. The zero-order chi connectivity index (χ0) is 7.40. The summed E-state index contributed by atoms with van der Waals surface area (Å²) in [5, 5.41) is 0. The molecule has 1 unspecified atom stereocenters. The van der Waals surface area contributed by atoms with Crippen molar-refractivity contribution in [3.05, 3.63) is 0 Å². The average Bonchev–Trinajstić information content (AvgIpc) is 2.36. The SMILES string of the molecule is CC#CC1CCCN1C=O. The summed E-state index contributed by atoms with van der Waals surface area (Å²) in [7, 11) is 0. The van der Waals surface area contributed by atoms with Gasteiger partial charge in [0.05, 0.1) is 6.04 Å². The molecule has 0 aromatic rings. The van der Waals surface area contributed by atoms with Crippen molar-refractivity contribution in [2.45, 2.75) is 25.8 Å². The molecule has 1 amide bonds. The van der Waals surface area contributed by atoms with Crippen molar-refractivity contribution in [2.24, 2.45) is 0 Å². The summed E-state index contributed by atoms with van der Waals surface area (Å²) in [4.78, 5) is 12.1. The summed E-state index contributed by atoms with van der Waals surface area (Å²) >= 11 is 0. The molecule has 1 aliphatic heterocycles. The number of amides is 1. The lowest BCUT2D eigenvalue weighted by Crippen LogP contribution is -2.26. The first-order valence-corrected chi connectivity index (χ1v) is 3.52. The second-order valence-electron chi connectivity index (χ2n) is 2.40. The fourth-order valence-electron chi connectivity index (χ4n) is 1.24. The van der Waals surface area contributed by atoms with Crippen molar-refractivity contribution in [3.63, 3.8) is 0 Å². The molecule has 2 nitrogen and oxygen atoms in total. The first-order valence-electron chi connectivity index (χ1n) is 3.52. The molecule has 0 bridgehead atoms. The molecule has 0 aromatic heterocycles. The molecular formula is C8H11NO. The Labute approximate surface area is 61.2 Å². The lowest BCUT2D eigenvalue weighted by atomic mass is 10.2. The van der Waals surface area contributed by atoms with Crippen LogP contribution >= 0.6 is 0 Å². The Morgan fingerprint density at radius 1 is 1.70 bits per heavy atom. The standard InChI is InChI=1S/C8H11NO/c1-2-4-8-5-3-6-9(8)7-10/h7-8H,3,5-6H2,1H3. The number of carbonyl (C=O) groups is 1. The van der Waals surface area contributed by atoms with Gasteiger partial charge in [0, 0.05) is 6.54 Å². The Morgan fingerprint density at radius 3 is 3.10 bits per heavy atom. The van der Waals surface area contributed by atoms with Gasteiger partial charge in [-0.1, -0.05) is 5.92 Å². The van der Waals surface area contributed by atoms with Crippen LogP contribution in [0, 0.1) is 11.8 Å².